The molecule has 0 aliphatic rings. The highest BCUT2D eigenvalue weighted by Gasteiger charge is 2.18. The first-order valence-corrected chi connectivity index (χ1v) is 8.06. The highest BCUT2D eigenvalue weighted by atomic mass is 35.5. The van der Waals surface area contributed by atoms with E-state index < -0.39 is 16.1 Å². The van der Waals surface area contributed by atoms with Crippen LogP contribution in [0.2, 0.25) is 5.02 Å². The van der Waals surface area contributed by atoms with E-state index in [1.807, 2.05) is 6.07 Å². The van der Waals surface area contributed by atoms with E-state index in [9.17, 15) is 8.42 Å². The Morgan fingerprint density at radius 3 is 2.48 bits per heavy atom. The highest BCUT2D eigenvalue weighted by Crippen LogP contribution is 2.19. The molecule has 0 saturated heterocycles. The van der Waals surface area contributed by atoms with Crippen LogP contribution in [0, 0.1) is 11.3 Å². The van der Waals surface area contributed by atoms with Crippen molar-refractivity contribution in [3.63, 3.8) is 0 Å². The molecule has 1 unspecified atom stereocenters. The van der Waals surface area contributed by atoms with Gasteiger partial charge in [-0.2, -0.15) is 5.26 Å². The number of nitrogens with one attached hydrogen (secondary N) is 1. The largest absolute Gasteiger partial charge is 0.241 e. The second-order valence-corrected chi connectivity index (χ2v) is 6.68. The Hall–Kier alpha value is -1.87. The molecular weight excluding hydrogens is 308 g/mol. The van der Waals surface area contributed by atoms with Crippen molar-refractivity contribution >= 4 is 21.6 Å². The van der Waals surface area contributed by atoms with Gasteiger partial charge in [0.05, 0.1) is 16.5 Å². The maximum atomic E-state index is 12.3. The van der Waals surface area contributed by atoms with Crippen molar-refractivity contribution in [3.8, 4) is 6.07 Å². The quantitative estimate of drug-likeness (QED) is 0.940. The van der Waals surface area contributed by atoms with E-state index in [1.54, 1.807) is 43.3 Å². The molecule has 4 nitrogen and oxygen atoms in total. The van der Waals surface area contributed by atoms with Crippen molar-refractivity contribution in [3.05, 3.63) is 64.7 Å². The molecule has 2 rings (SSSR count). The fourth-order valence-corrected chi connectivity index (χ4v) is 3.26. The normalized spacial score (nSPS) is 12.6. The van der Waals surface area contributed by atoms with E-state index in [0.717, 1.165) is 5.56 Å². The summed E-state index contributed by atoms with van der Waals surface area (Å²) in [6.07, 6.45) is 0. The molecule has 6 heteroatoms. The number of sulfonamides is 1. The van der Waals surface area contributed by atoms with Gasteiger partial charge in [-0.1, -0.05) is 29.8 Å². The van der Waals surface area contributed by atoms with Crippen LogP contribution >= 0.6 is 11.6 Å². The van der Waals surface area contributed by atoms with E-state index >= 15 is 0 Å². The zero-order valence-electron chi connectivity index (χ0n) is 11.2. The number of hydrogen-bond acceptors (Lipinski definition) is 3. The first-order valence-electron chi connectivity index (χ1n) is 6.20. The van der Waals surface area contributed by atoms with Gasteiger partial charge < -0.3 is 0 Å². The van der Waals surface area contributed by atoms with Gasteiger partial charge in [-0.3, -0.25) is 0 Å². The van der Waals surface area contributed by atoms with Crippen LogP contribution in [0.3, 0.4) is 0 Å². The second kappa shape index (κ2) is 6.27. The van der Waals surface area contributed by atoms with Gasteiger partial charge in [0.1, 0.15) is 0 Å². The predicted molar refractivity (Wildman–Crippen MR) is 81.3 cm³/mol. The summed E-state index contributed by atoms with van der Waals surface area (Å²) in [7, 11) is -3.68. The lowest BCUT2D eigenvalue weighted by Crippen LogP contribution is -2.26. The molecule has 0 heterocycles. The summed E-state index contributed by atoms with van der Waals surface area (Å²) < 4.78 is 27.2. The van der Waals surface area contributed by atoms with E-state index in [1.165, 1.54) is 12.1 Å². The minimum absolute atomic E-state index is 0.0716. The number of hydrogen-bond donors (Lipinski definition) is 1. The van der Waals surface area contributed by atoms with Gasteiger partial charge in [0.15, 0.2) is 0 Å². The van der Waals surface area contributed by atoms with Gasteiger partial charge in [0.2, 0.25) is 10.0 Å². The molecule has 0 amide bonds. The Bertz CT molecular complexity index is 780. The first-order chi connectivity index (χ1) is 9.92. The smallest absolute Gasteiger partial charge is 0.207 e. The second-order valence-electron chi connectivity index (χ2n) is 4.53. The SMILES string of the molecule is CC(NS(=O)(=O)c1cccc(C#N)c1)c1ccc(Cl)cc1. The number of halogens is 1. The molecule has 108 valence electrons. The molecule has 0 aromatic heterocycles. The average molecular weight is 321 g/mol. The fourth-order valence-electron chi connectivity index (χ4n) is 1.85. The Kier molecular flexibility index (Phi) is 4.63. The molecule has 0 aliphatic carbocycles. The van der Waals surface area contributed by atoms with Crippen molar-refractivity contribution in [2.24, 2.45) is 0 Å². The van der Waals surface area contributed by atoms with Crippen LogP contribution in [0.25, 0.3) is 0 Å². The Labute approximate surface area is 129 Å². The molecule has 0 fully saturated rings. The van der Waals surface area contributed by atoms with Gasteiger partial charge in [-0.15, -0.1) is 0 Å². The van der Waals surface area contributed by atoms with Gasteiger partial charge in [0.25, 0.3) is 0 Å². The maximum absolute atomic E-state index is 12.3. The van der Waals surface area contributed by atoms with Crippen LogP contribution in [0.1, 0.15) is 24.1 Å². The fraction of sp³-hybridized carbons (Fsp3) is 0.133. The third kappa shape index (κ3) is 3.82. The van der Waals surface area contributed by atoms with Crippen molar-refractivity contribution in [1.82, 2.24) is 4.72 Å². The number of nitriles is 1. The highest BCUT2D eigenvalue weighted by molar-refractivity contribution is 7.89. The standard InChI is InChI=1S/C15H13ClN2O2S/c1-11(13-5-7-14(16)8-6-13)18-21(19,20)15-4-2-3-12(9-15)10-17/h2-9,11,18H,1H3. The zero-order chi connectivity index (χ0) is 15.5. The van der Waals surface area contributed by atoms with Crippen molar-refractivity contribution in [2.75, 3.05) is 0 Å². The molecule has 1 N–H and O–H groups in total. The maximum Gasteiger partial charge on any atom is 0.241 e. The summed E-state index contributed by atoms with van der Waals surface area (Å²) in [4.78, 5) is 0.0716. The molecule has 2 aromatic carbocycles. The Balaban J connectivity index is 2.24. The zero-order valence-corrected chi connectivity index (χ0v) is 12.8. The van der Waals surface area contributed by atoms with Gasteiger partial charge in [0, 0.05) is 11.1 Å². The van der Waals surface area contributed by atoms with Crippen LogP contribution < -0.4 is 4.72 Å². The van der Waals surface area contributed by atoms with Crippen molar-refractivity contribution < 1.29 is 8.42 Å². The van der Waals surface area contributed by atoms with Gasteiger partial charge >= 0.3 is 0 Å². The summed E-state index contributed by atoms with van der Waals surface area (Å²) in [5.41, 5.74) is 1.11. The Morgan fingerprint density at radius 1 is 1.19 bits per heavy atom. The van der Waals surface area contributed by atoms with E-state index in [-0.39, 0.29) is 4.90 Å². The number of rotatable bonds is 4. The topological polar surface area (TPSA) is 70.0 Å². The summed E-state index contributed by atoms with van der Waals surface area (Å²) in [6.45, 7) is 1.74. The Morgan fingerprint density at radius 2 is 1.86 bits per heavy atom. The summed E-state index contributed by atoms with van der Waals surface area (Å²) in [6, 6.07) is 14.4. The van der Waals surface area contributed by atoms with Crippen LogP contribution in [0.5, 0.6) is 0 Å². The molecule has 0 spiro atoms. The van der Waals surface area contributed by atoms with Crippen LogP contribution in [0.15, 0.2) is 53.4 Å². The summed E-state index contributed by atoms with van der Waals surface area (Å²) in [5.74, 6) is 0. The molecule has 0 saturated carbocycles. The minimum atomic E-state index is -3.68. The monoisotopic (exact) mass is 320 g/mol. The number of benzene rings is 2. The summed E-state index contributed by atoms with van der Waals surface area (Å²) >= 11 is 5.81. The van der Waals surface area contributed by atoms with Crippen molar-refractivity contribution in [2.45, 2.75) is 17.9 Å². The molecule has 0 bridgehead atoms. The van der Waals surface area contributed by atoms with Crippen molar-refractivity contribution in [1.29, 1.82) is 5.26 Å². The lowest BCUT2D eigenvalue weighted by molar-refractivity contribution is 0.567. The minimum Gasteiger partial charge on any atom is -0.207 e. The van der Waals surface area contributed by atoms with Gasteiger partial charge in [-0.05, 0) is 42.8 Å². The molecule has 0 radical (unpaired) electrons. The third-order valence-electron chi connectivity index (χ3n) is 2.98. The summed E-state index contributed by atoms with van der Waals surface area (Å²) in [5, 5.41) is 9.43. The van der Waals surface area contributed by atoms with Crippen LogP contribution in [0.4, 0.5) is 0 Å². The van der Waals surface area contributed by atoms with Gasteiger partial charge in [-0.25, -0.2) is 13.1 Å². The van der Waals surface area contributed by atoms with E-state index in [4.69, 9.17) is 16.9 Å². The lowest BCUT2D eigenvalue weighted by Gasteiger charge is -2.15. The third-order valence-corrected chi connectivity index (χ3v) is 4.77. The molecule has 21 heavy (non-hydrogen) atoms. The average Bonchev–Trinajstić information content (AvgIpc) is 2.47. The van der Waals surface area contributed by atoms with E-state index in [2.05, 4.69) is 4.72 Å². The molecule has 0 aliphatic heterocycles. The van der Waals surface area contributed by atoms with Crippen LogP contribution in [-0.4, -0.2) is 8.42 Å². The molecular formula is C15H13ClN2O2S. The van der Waals surface area contributed by atoms with E-state index in [0.29, 0.717) is 10.6 Å². The predicted octanol–water partition coefficient (Wildman–Crippen LogP) is 3.25. The molecule has 1 atom stereocenters. The number of nitrogens with zero attached hydrogens (tertiary/aromatic N) is 1. The lowest BCUT2D eigenvalue weighted by atomic mass is 10.1. The first kappa shape index (κ1) is 15.5. The van der Waals surface area contributed by atoms with Crippen LogP contribution in [-0.2, 0) is 10.0 Å². The molecule has 2 aromatic rings.